The van der Waals surface area contributed by atoms with Crippen molar-refractivity contribution in [2.24, 2.45) is 11.1 Å². The highest BCUT2D eigenvalue weighted by molar-refractivity contribution is 5.87. The van der Waals surface area contributed by atoms with Crippen LogP contribution in [-0.4, -0.2) is 48.7 Å². The lowest BCUT2D eigenvalue weighted by molar-refractivity contribution is -0.253. The third kappa shape index (κ3) is 2.55. The standard InChI is InChI=1S/C29H30N8/c30-25-20-6-2-1-5-17(20)11-28(25)12-18-14-29(15-19(13-28)37(18)29)23-16-32-24-26(33-23)34-35-27(24)36-10-4-7-21-22(36)8-3-9-31-21/h1-3,5-6,8-9,16,18-19,25H,4,7,10-15,30H2,(H,33,34,35)/t18-,19?,25-,28?,29?/m1/s1. The van der Waals surface area contributed by atoms with Crippen LogP contribution in [0.1, 0.15) is 60.7 Å². The fourth-order valence-corrected chi connectivity index (χ4v) is 8.78. The Hall–Kier alpha value is -3.36. The van der Waals surface area contributed by atoms with Gasteiger partial charge in [0.1, 0.15) is 0 Å². The maximum absolute atomic E-state index is 6.91. The second kappa shape index (κ2) is 6.94. The molecule has 5 aliphatic rings. The highest BCUT2D eigenvalue weighted by Crippen LogP contribution is 2.67. The van der Waals surface area contributed by atoms with E-state index in [1.165, 1.54) is 24.0 Å². The minimum atomic E-state index is 0.0423. The lowest BCUT2D eigenvalue weighted by Gasteiger charge is -2.74. The predicted octanol–water partition coefficient (Wildman–Crippen LogP) is 3.91. The molecule has 3 N–H and O–H groups in total. The quantitative estimate of drug-likeness (QED) is 0.439. The molecule has 3 aromatic heterocycles. The lowest BCUT2D eigenvalue weighted by Crippen LogP contribution is -2.80. The number of hydrogen-bond acceptors (Lipinski definition) is 7. The number of nitrogens with zero attached hydrogens (tertiary/aromatic N) is 6. The Bertz CT molecular complexity index is 1560. The average molecular weight is 491 g/mol. The van der Waals surface area contributed by atoms with Crippen LogP contribution in [-0.2, 0) is 18.4 Å². The molecule has 0 radical (unpaired) electrons. The normalized spacial score (nSPS) is 33.5. The predicted molar refractivity (Wildman–Crippen MR) is 140 cm³/mol. The van der Waals surface area contributed by atoms with Crippen LogP contribution in [0.3, 0.4) is 0 Å². The van der Waals surface area contributed by atoms with E-state index in [1.807, 2.05) is 18.5 Å². The minimum absolute atomic E-state index is 0.0423. The van der Waals surface area contributed by atoms with Crippen LogP contribution in [0.4, 0.5) is 11.5 Å². The third-order valence-electron chi connectivity index (χ3n) is 10.2. The summed E-state index contributed by atoms with van der Waals surface area (Å²) in [6.07, 6.45) is 11.8. The second-order valence-electron chi connectivity index (χ2n) is 12.0. The number of anilines is 2. The van der Waals surface area contributed by atoms with Crippen molar-refractivity contribution in [2.45, 2.75) is 68.6 Å². The molecule has 0 bridgehead atoms. The summed E-state index contributed by atoms with van der Waals surface area (Å²) in [5, 5.41) is 7.88. The Labute approximate surface area is 215 Å². The number of nitrogens with one attached hydrogen (secondary N) is 1. The molecule has 37 heavy (non-hydrogen) atoms. The van der Waals surface area contributed by atoms with E-state index in [9.17, 15) is 0 Å². The first-order chi connectivity index (χ1) is 18.2. The Kier molecular flexibility index (Phi) is 3.87. The molecule has 3 unspecified atom stereocenters. The van der Waals surface area contributed by atoms with Crippen LogP contribution in [0, 0.1) is 5.41 Å². The largest absolute Gasteiger partial charge is 0.323 e. The van der Waals surface area contributed by atoms with Gasteiger partial charge in [0.05, 0.1) is 28.8 Å². The van der Waals surface area contributed by atoms with Crippen molar-refractivity contribution in [3.05, 3.63) is 71.3 Å². The van der Waals surface area contributed by atoms with Crippen molar-refractivity contribution in [3.8, 4) is 0 Å². The van der Waals surface area contributed by atoms with Crippen LogP contribution in [0.2, 0.25) is 0 Å². The number of H-pyrrole nitrogens is 1. The molecule has 8 nitrogen and oxygen atoms in total. The number of nitrogens with two attached hydrogens (primary N) is 1. The van der Waals surface area contributed by atoms with Crippen LogP contribution in [0.5, 0.6) is 0 Å². The van der Waals surface area contributed by atoms with Crippen molar-refractivity contribution in [1.82, 2.24) is 30.0 Å². The van der Waals surface area contributed by atoms with Crippen molar-refractivity contribution >= 4 is 22.7 Å². The topological polar surface area (TPSA) is 99.8 Å². The maximum Gasteiger partial charge on any atom is 0.183 e. The first kappa shape index (κ1) is 20.7. The van der Waals surface area contributed by atoms with Crippen molar-refractivity contribution < 1.29 is 0 Å². The number of hydrogen-bond donors (Lipinski definition) is 2. The van der Waals surface area contributed by atoms with E-state index in [2.05, 4.69) is 55.3 Å². The van der Waals surface area contributed by atoms with Crippen LogP contribution in [0.25, 0.3) is 11.2 Å². The molecule has 0 saturated carbocycles. The Morgan fingerprint density at radius 2 is 1.86 bits per heavy atom. The molecule has 8 heteroatoms. The van der Waals surface area contributed by atoms with Gasteiger partial charge >= 0.3 is 0 Å². The summed E-state index contributed by atoms with van der Waals surface area (Å²) in [5.41, 5.74) is 15.0. The van der Waals surface area contributed by atoms with Gasteiger partial charge in [-0.05, 0) is 73.6 Å². The molecule has 9 rings (SSSR count). The van der Waals surface area contributed by atoms with Crippen LogP contribution in [0.15, 0.2) is 48.8 Å². The number of fused-ring (bicyclic) bond motifs is 3. The molecule has 4 aromatic rings. The van der Waals surface area contributed by atoms with Gasteiger partial charge in [-0.25, -0.2) is 9.97 Å². The van der Waals surface area contributed by atoms with Crippen molar-refractivity contribution in [1.29, 1.82) is 0 Å². The van der Waals surface area contributed by atoms with E-state index in [1.54, 1.807) is 0 Å². The summed E-state index contributed by atoms with van der Waals surface area (Å²) in [5.74, 6) is 0.855. The fourth-order valence-electron chi connectivity index (χ4n) is 8.78. The molecule has 1 aromatic carbocycles. The number of rotatable bonds is 2. The summed E-state index contributed by atoms with van der Waals surface area (Å²) in [7, 11) is 0. The molecule has 3 saturated heterocycles. The second-order valence-corrected chi connectivity index (χ2v) is 12.0. The zero-order valence-corrected chi connectivity index (χ0v) is 20.8. The molecule has 0 amide bonds. The molecule has 5 atom stereocenters. The molecule has 3 fully saturated rings. The summed E-state index contributed by atoms with van der Waals surface area (Å²) >= 11 is 0. The zero-order valence-electron chi connectivity index (χ0n) is 20.8. The van der Waals surface area contributed by atoms with Gasteiger partial charge in [0, 0.05) is 30.9 Å². The summed E-state index contributed by atoms with van der Waals surface area (Å²) in [6.45, 7) is 0.914. The Morgan fingerprint density at radius 1 is 1.00 bits per heavy atom. The molecule has 4 aliphatic heterocycles. The number of piperidine rings is 2. The van der Waals surface area contributed by atoms with Gasteiger partial charge in [-0.1, -0.05) is 24.3 Å². The SMILES string of the molecule is N[C@@H]1c2ccccc2CC12CC1CC3(c4cnc5c(N6CCCc7ncccc76)n[nH]c5n4)C[C@@H](C2)N13. The number of aromatic amines is 1. The van der Waals surface area contributed by atoms with Crippen molar-refractivity contribution in [3.63, 3.8) is 0 Å². The molecular formula is C29H30N8. The van der Waals surface area contributed by atoms with Gasteiger partial charge in [-0.15, -0.1) is 0 Å². The molecular weight excluding hydrogens is 460 g/mol. The average Bonchev–Trinajstić information content (AvgIpc) is 3.44. The summed E-state index contributed by atoms with van der Waals surface area (Å²) < 4.78 is 0. The van der Waals surface area contributed by atoms with E-state index in [4.69, 9.17) is 15.7 Å². The summed E-state index contributed by atoms with van der Waals surface area (Å²) in [6, 6.07) is 14.3. The van der Waals surface area contributed by atoms with Crippen LogP contribution >= 0.6 is 0 Å². The monoisotopic (exact) mass is 490 g/mol. The van der Waals surface area contributed by atoms with E-state index in [0.29, 0.717) is 12.1 Å². The lowest BCUT2D eigenvalue weighted by atomic mass is 9.52. The van der Waals surface area contributed by atoms with E-state index in [-0.39, 0.29) is 17.0 Å². The number of aromatic nitrogens is 5. The number of pyridine rings is 1. The van der Waals surface area contributed by atoms with E-state index in [0.717, 1.165) is 72.7 Å². The summed E-state index contributed by atoms with van der Waals surface area (Å²) in [4.78, 5) is 19.6. The van der Waals surface area contributed by atoms with Gasteiger partial charge in [-0.3, -0.25) is 15.0 Å². The van der Waals surface area contributed by atoms with Crippen LogP contribution < -0.4 is 10.6 Å². The van der Waals surface area contributed by atoms with Gasteiger partial charge in [0.15, 0.2) is 17.0 Å². The van der Waals surface area contributed by atoms with Gasteiger partial charge in [-0.2, -0.15) is 5.10 Å². The van der Waals surface area contributed by atoms with Gasteiger partial charge < -0.3 is 10.6 Å². The molecule has 1 aliphatic carbocycles. The van der Waals surface area contributed by atoms with E-state index >= 15 is 0 Å². The molecule has 7 heterocycles. The first-order valence-corrected chi connectivity index (χ1v) is 13.7. The first-order valence-electron chi connectivity index (χ1n) is 13.7. The maximum atomic E-state index is 6.91. The Balaban J connectivity index is 1.00. The highest BCUT2D eigenvalue weighted by Gasteiger charge is 2.70. The van der Waals surface area contributed by atoms with Gasteiger partial charge in [0.2, 0.25) is 0 Å². The Morgan fingerprint density at radius 3 is 2.73 bits per heavy atom. The zero-order chi connectivity index (χ0) is 24.4. The number of benzene rings is 1. The number of aryl methyl sites for hydroxylation is 1. The van der Waals surface area contributed by atoms with Crippen molar-refractivity contribution in [2.75, 3.05) is 11.4 Å². The fraction of sp³-hybridized carbons (Fsp3) is 0.448. The smallest absolute Gasteiger partial charge is 0.183 e. The van der Waals surface area contributed by atoms with Gasteiger partial charge in [0.25, 0.3) is 0 Å². The highest BCUT2D eigenvalue weighted by atomic mass is 15.4. The van der Waals surface area contributed by atoms with E-state index < -0.39 is 0 Å². The third-order valence-corrected chi connectivity index (χ3v) is 10.2. The minimum Gasteiger partial charge on any atom is -0.323 e. The molecule has 1 spiro atoms. The molecule has 186 valence electrons.